The number of carbonyl (C=O) groups excluding carboxylic acids is 1. The van der Waals surface area contributed by atoms with E-state index in [9.17, 15) is 4.79 Å². The van der Waals surface area contributed by atoms with Crippen molar-refractivity contribution in [2.45, 2.75) is 45.4 Å². The van der Waals surface area contributed by atoms with E-state index in [1.807, 2.05) is 6.92 Å². The molecule has 16 heavy (non-hydrogen) atoms. The summed E-state index contributed by atoms with van der Waals surface area (Å²) in [5.41, 5.74) is 2.42. The fraction of sp³-hybridized carbons (Fsp3) is 0.533. The van der Waals surface area contributed by atoms with Crippen molar-refractivity contribution in [1.29, 1.82) is 0 Å². The number of rotatable bonds is 3. The average molecular weight is 216 g/mol. The molecule has 1 nitrogen and oxygen atoms in total. The van der Waals surface area contributed by atoms with Crippen LogP contribution in [0, 0.1) is 12.8 Å². The van der Waals surface area contributed by atoms with Gasteiger partial charge < -0.3 is 0 Å². The topological polar surface area (TPSA) is 17.1 Å². The molecule has 1 atom stereocenters. The molecule has 1 aliphatic rings. The summed E-state index contributed by atoms with van der Waals surface area (Å²) in [6, 6.07) is 8.36. The molecule has 1 aromatic carbocycles. The highest BCUT2D eigenvalue weighted by atomic mass is 16.1. The Bertz CT molecular complexity index is 358. The van der Waals surface area contributed by atoms with Crippen LogP contribution >= 0.6 is 0 Å². The van der Waals surface area contributed by atoms with Gasteiger partial charge in [0.15, 0.2) is 0 Å². The van der Waals surface area contributed by atoms with Gasteiger partial charge >= 0.3 is 0 Å². The van der Waals surface area contributed by atoms with E-state index in [4.69, 9.17) is 0 Å². The van der Waals surface area contributed by atoms with Gasteiger partial charge in [-0.3, -0.25) is 4.79 Å². The van der Waals surface area contributed by atoms with Crippen LogP contribution < -0.4 is 0 Å². The second-order valence-electron chi connectivity index (χ2n) is 5.02. The van der Waals surface area contributed by atoms with Gasteiger partial charge in [-0.1, -0.05) is 49.6 Å². The molecule has 1 fully saturated rings. The van der Waals surface area contributed by atoms with Gasteiger partial charge in [-0.15, -0.1) is 0 Å². The van der Waals surface area contributed by atoms with Crippen molar-refractivity contribution in [2.24, 2.45) is 5.92 Å². The van der Waals surface area contributed by atoms with Crippen LogP contribution in [0.2, 0.25) is 0 Å². The van der Waals surface area contributed by atoms with Gasteiger partial charge in [-0.05, 0) is 25.3 Å². The first-order valence-electron chi connectivity index (χ1n) is 6.29. The fourth-order valence-corrected chi connectivity index (χ4v) is 2.58. The molecule has 0 heterocycles. The van der Waals surface area contributed by atoms with Gasteiger partial charge in [-0.25, -0.2) is 0 Å². The van der Waals surface area contributed by atoms with E-state index in [-0.39, 0.29) is 5.92 Å². The van der Waals surface area contributed by atoms with Crippen molar-refractivity contribution in [3.63, 3.8) is 0 Å². The summed E-state index contributed by atoms with van der Waals surface area (Å²) in [7, 11) is 0. The lowest BCUT2D eigenvalue weighted by atomic mass is 9.87. The second kappa shape index (κ2) is 4.82. The smallest absolute Gasteiger partial charge is 0.143 e. The van der Waals surface area contributed by atoms with Crippen molar-refractivity contribution in [3.05, 3.63) is 35.4 Å². The summed E-state index contributed by atoms with van der Waals surface area (Å²) in [5, 5.41) is 0. The Labute approximate surface area is 97.9 Å². The zero-order valence-corrected chi connectivity index (χ0v) is 10.2. The lowest BCUT2D eigenvalue weighted by Gasteiger charge is -2.15. The number of aryl methyl sites for hydroxylation is 1. The maximum atomic E-state index is 12.2. The number of carbonyl (C=O) groups is 1. The predicted octanol–water partition coefficient (Wildman–Crippen LogP) is 3.86. The molecule has 0 bridgehead atoms. The number of hydrogen-bond donors (Lipinski definition) is 0. The summed E-state index contributed by atoms with van der Waals surface area (Å²) in [6.45, 7) is 4.12. The van der Waals surface area contributed by atoms with Crippen LogP contribution in [0.15, 0.2) is 24.3 Å². The van der Waals surface area contributed by atoms with Gasteiger partial charge in [0, 0.05) is 11.8 Å². The molecule has 0 radical (unpaired) electrons. The zero-order valence-electron chi connectivity index (χ0n) is 10.2. The maximum absolute atomic E-state index is 12.2. The molecule has 0 spiro atoms. The minimum atomic E-state index is 0.0729. The Morgan fingerprint density at radius 2 is 1.75 bits per heavy atom. The highest BCUT2D eigenvalue weighted by molar-refractivity contribution is 5.87. The Kier molecular flexibility index (Phi) is 3.42. The second-order valence-corrected chi connectivity index (χ2v) is 5.02. The Balaban J connectivity index is 2.08. The Hall–Kier alpha value is -1.11. The van der Waals surface area contributed by atoms with Gasteiger partial charge in [0.25, 0.3) is 0 Å². The van der Waals surface area contributed by atoms with Crippen molar-refractivity contribution >= 4 is 5.78 Å². The molecule has 1 saturated carbocycles. The third-order valence-corrected chi connectivity index (χ3v) is 3.76. The summed E-state index contributed by atoms with van der Waals surface area (Å²) >= 11 is 0. The standard InChI is InChI=1S/C15H20O/c1-11-7-9-13(10-8-11)12(2)15(16)14-5-3-4-6-14/h7-10,12,14H,3-6H2,1-2H3/t12-/m0/s1. The Morgan fingerprint density at radius 1 is 1.19 bits per heavy atom. The average Bonchev–Trinajstić information content (AvgIpc) is 2.81. The number of Topliss-reactive ketones (excluding diaryl/α,β-unsaturated/α-hetero) is 1. The molecule has 0 aromatic heterocycles. The van der Waals surface area contributed by atoms with Crippen LogP contribution in [-0.2, 0) is 4.79 Å². The summed E-state index contributed by atoms with van der Waals surface area (Å²) in [4.78, 5) is 12.2. The van der Waals surface area contributed by atoms with Crippen molar-refractivity contribution < 1.29 is 4.79 Å². The van der Waals surface area contributed by atoms with E-state index in [0.717, 1.165) is 12.8 Å². The monoisotopic (exact) mass is 216 g/mol. The molecule has 1 aromatic rings. The molecule has 86 valence electrons. The zero-order chi connectivity index (χ0) is 11.5. The third-order valence-electron chi connectivity index (χ3n) is 3.76. The van der Waals surface area contributed by atoms with Crippen LogP contribution in [-0.4, -0.2) is 5.78 Å². The van der Waals surface area contributed by atoms with Crippen molar-refractivity contribution in [2.75, 3.05) is 0 Å². The van der Waals surface area contributed by atoms with Crippen LogP contribution in [0.3, 0.4) is 0 Å². The molecule has 0 amide bonds. The largest absolute Gasteiger partial charge is 0.299 e. The highest BCUT2D eigenvalue weighted by Gasteiger charge is 2.27. The van der Waals surface area contributed by atoms with E-state index < -0.39 is 0 Å². The summed E-state index contributed by atoms with van der Waals surface area (Å²) < 4.78 is 0. The Morgan fingerprint density at radius 3 is 2.31 bits per heavy atom. The highest BCUT2D eigenvalue weighted by Crippen LogP contribution is 2.31. The maximum Gasteiger partial charge on any atom is 0.143 e. The SMILES string of the molecule is Cc1ccc([C@H](C)C(=O)C2CCCC2)cc1. The lowest BCUT2D eigenvalue weighted by Crippen LogP contribution is -2.17. The van der Waals surface area contributed by atoms with E-state index in [0.29, 0.717) is 11.7 Å². The molecular formula is C15H20O. The number of benzene rings is 1. The van der Waals surface area contributed by atoms with Crippen LogP contribution in [0.1, 0.15) is 49.7 Å². The van der Waals surface area contributed by atoms with Gasteiger partial charge in [0.2, 0.25) is 0 Å². The minimum Gasteiger partial charge on any atom is -0.299 e. The van der Waals surface area contributed by atoms with Crippen LogP contribution in [0.25, 0.3) is 0 Å². The predicted molar refractivity (Wildman–Crippen MR) is 66.6 cm³/mol. The minimum absolute atomic E-state index is 0.0729. The molecule has 2 rings (SSSR count). The first-order chi connectivity index (χ1) is 7.68. The molecule has 0 saturated heterocycles. The molecule has 0 N–H and O–H groups in total. The van der Waals surface area contributed by atoms with Gasteiger partial charge in [0.1, 0.15) is 5.78 Å². The third kappa shape index (κ3) is 2.34. The molecule has 0 unspecified atom stereocenters. The van der Waals surface area contributed by atoms with E-state index in [1.165, 1.54) is 24.0 Å². The normalized spacial score (nSPS) is 18.6. The summed E-state index contributed by atoms with van der Waals surface area (Å²) in [6.07, 6.45) is 4.68. The van der Waals surface area contributed by atoms with Crippen molar-refractivity contribution in [3.8, 4) is 0 Å². The van der Waals surface area contributed by atoms with Crippen molar-refractivity contribution in [1.82, 2.24) is 0 Å². The van der Waals surface area contributed by atoms with E-state index >= 15 is 0 Å². The molecule has 0 aliphatic heterocycles. The molecular weight excluding hydrogens is 196 g/mol. The van der Waals surface area contributed by atoms with Crippen LogP contribution in [0.5, 0.6) is 0 Å². The number of hydrogen-bond acceptors (Lipinski definition) is 1. The fourth-order valence-electron chi connectivity index (χ4n) is 2.58. The lowest BCUT2D eigenvalue weighted by molar-refractivity contribution is -0.123. The van der Waals surface area contributed by atoms with Gasteiger partial charge in [0.05, 0.1) is 0 Å². The first-order valence-corrected chi connectivity index (χ1v) is 6.29. The quantitative estimate of drug-likeness (QED) is 0.750. The van der Waals surface area contributed by atoms with Gasteiger partial charge in [-0.2, -0.15) is 0 Å². The molecule has 1 heteroatoms. The van der Waals surface area contributed by atoms with E-state index in [1.54, 1.807) is 0 Å². The van der Waals surface area contributed by atoms with E-state index in [2.05, 4.69) is 31.2 Å². The first kappa shape index (κ1) is 11.4. The molecule has 1 aliphatic carbocycles. The summed E-state index contributed by atoms with van der Waals surface area (Å²) in [5.74, 6) is 0.848. The number of ketones is 1. The van der Waals surface area contributed by atoms with Crippen LogP contribution in [0.4, 0.5) is 0 Å².